The lowest BCUT2D eigenvalue weighted by Gasteiger charge is -2.09. The number of para-hydroxylation sites is 1. The van der Waals surface area contributed by atoms with Gasteiger partial charge in [0.2, 0.25) is 5.78 Å². The lowest BCUT2D eigenvalue weighted by atomic mass is 10.2. The van der Waals surface area contributed by atoms with Crippen LogP contribution in [0.2, 0.25) is 0 Å². The fourth-order valence-corrected chi connectivity index (χ4v) is 2.97. The minimum Gasteiger partial charge on any atom is -0.481 e. The van der Waals surface area contributed by atoms with Gasteiger partial charge >= 0.3 is 5.97 Å². The van der Waals surface area contributed by atoms with Crippen LogP contribution in [0.25, 0.3) is 0 Å². The van der Waals surface area contributed by atoms with Crippen LogP contribution in [0.15, 0.2) is 40.2 Å². The van der Waals surface area contributed by atoms with Crippen molar-refractivity contribution >= 4 is 44.9 Å². The van der Waals surface area contributed by atoms with Crippen LogP contribution in [0, 0.1) is 0 Å². The smallest absolute Gasteiger partial charge is 0.344 e. The number of benzene rings is 1. The molecular weight excluding hydrogens is 386 g/mol. The van der Waals surface area contributed by atoms with E-state index in [-0.39, 0.29) is 23.7 Å². The quantitative estimate of drug-likeness (QED) is 0.571. The molecule has 6 nitrogen and oxygen atoms in total. The minimum absolute atomic E-state index is 0.166. The van der Waals surface area contributed by atoms with Crippen molar-refractivity contribution < 1.29 is 23.9 Å². The Bertz CT molecular complexity index is 743. The van der Waals surface area contributed by atoms with Crippen LogP contribution in [-0.2, 0) is 9.53 Å². The first-order valence-electron chi connectivity index (χ1n) is 6.43. The second kappa shape index (κ2) is 7.89. The molecule has 0 spiro atoms. The molecule has 0 fully saturated rings. The van der Waals surface area contributed by atoms with Gasteiger partial charge in [-0.2, -0.15) is 0 Å². The summed E-state index contributed by atoms with van der Waals surface area (Å²) in [6.07, 6.45) is 0. The maximum Gasteiger partial charge on any atom is 0.344 e. The highest BCUT2D eigenvalue weighted by Gasteiger charge is 2.14. The number of Topliss-reactive ketones (excluding diaryl/α,β-unsaturated/α-hetero) is 1. The summed E-state index contributed by atoms with van der Waals surface area (Å²) >= 11 is 4.51. The minimum atomic E-state index is -0.715. The van der Waals surface area contributed by atoms with Gasteiger partial charge in [0.05, 0.1) is 14.2 Å². The van der Waals surface area contributed by atoms with Crippen LogP contribution in [0.5, 0.6) is 5.75 Å². The van der Waals surface area contributed by atoms with Gasteiger partial charge in [0, 0.05) is 0 Å². The summed E-state index contributed by atoms with van der Waals surface area (Å²) in [6, 6.07) is 9.66. The van der Waals surface area contributed by atoms with Gasteiger partial charge in [-0.1, -0.05) is 12.1 Å². The number of nitrogens with two attached hydrogens (primary N) is 1. The van der Waals surface area contributed by atoms with Crippen LogP contribution in [0.4, 0.5) is 0 Å². The third-order valence-electron chi connectivity index (χ3n) is 2.71. The molecule has 0 saturated heterocycles. The van der Waals surface area contributed by atoms with Crippen LogP contribution in [-0.4, -0.2) is 30.9 Å². The van der Waals surface area contributed by atoms with E-state index in [0.29, 0.717) is 4.88 Å². The van der Waals surface area contributed by atoms with E-state index in [4.69, 9.17) is 15.2 Å². The van der Waals surface area contributed by atoms with Crippen molar-refractivity contribution in [2.75, 3.05) is 13.2 Å². The largest absolute Gasteiger partial charge is 0.481 e. The molecule has 2 N–H and O–H groups in total. The molecule has 0 unspecified atom stereocenters. The van der Waals surface area contributed by atoms with Crippen molar-refractivity contribution in [3.05, 3.63) is 50.6 Å². The van der Waals surface area contributed by atoms with E-state index in [2.05, 4.69) is 15.9 Å². The van der Waals surface area contributed by atoms with E-state index in [1.807, 2.05) is 0 Å². The van der Waals surface area contributed by atoms with E-state index in [9.17, 15) is 14.4 Å². The SMILES string of the molecule is NC(=O)c1ccccc1OCC(=O)OCC(=O)c1ccc(Br)s1. The molecule has 0 saturated carbocycles. The summed E-state index contributed by atoms with van der Waals surface area (Å²) in [4.78, 5) is 35.1. The highest BCUT2D eigenvalue weighted by molar-refractivity contribution is 9.11. The average Bonchev–Trinajstić information content (AvgIpc) is 2.97. The van der Waals surface area contributed by atoms with Crippen molar-refractivity contribution in [2.45, 2.75) is 0 Å². The summed E-state index contributed by atoms with van der Waals surface area (Å²) < 4.78 is 10.9. The Morgan fingerprint density at radius 2 is 1.83 bits per heavy atom. The number of halogens is 1. The van der Waals surface area contributed by atoms with Crippen molar-refractivity contribution in [1.29, 1.82) is 0 Å². The van der Waals surface area contributed by atoms with Crippen LogP contribution >= 0.6 is 27.3 Å². The lowest BCUT2D eigenvalue weighted by Crippen LogP contribution is -2.20. The predicted molar refractivity (Wildman–Crippen MR) is 87.8 cm³/mol. The normalized spacial score (nSPS) is 10.1. The first-order valence-corrected chi connectivity index (χ1v) is 8.04. The molecule has 120 valence electrons. The zero-order valence-electron chi connectivity index (χ0n) is 11.8. The lowest BCUT2D eigenvalue weighted by molar-refractivity contribution is -0.144. The molecule has 0 aliphatic carbocycles. The maximum absolute atomic E-state index is 11.8. The number of carbonyl (C=O) groups excluding carboxylic acids is 3. The fraction of sp³-hybridized carbons (Fsp3) is 0.133. The zero-order chi connectivity index (χ0) is 16.8. The van der Waals surface area contributed by atoms with E-state index in [1.165, 1.54) is 23.5 Å². The van der Waals surface area contributed by atoms with Gasteiger partial charge in [0.15, 0.2) is 13.2 Å². The van der Waals surface area contributed by atoms with E-state index < -0.39 is 18.5 Å². The maximum atomic E-state index is 11.8. The number of hydrogen-bond donors (Lipinski definition) is 1. The summed E-state index contributed by atoms with van der Waals surface area (Å²) in [5, 5.41) is 0. The number of ketones is 1. The van der Waals surface area contributed by atoms with Crippen LogP contribution < -0.4 is 10.5 Å². The Hall–Kier alpha value is -2.19. The average molecular weight is 398 g/mol. The molecule has 0 aliphatic heterocycles. The summed E-state index contributed by atoms with van der Waals surface area (Å²) in [5.41, 5.74) is 5.37. The van der Waals surface area contributed by atoms with Gasteiger partial charge in [-0.15, -0.1) is 11.3 Å². The Morgan fingerprint density at radius 3 is 2.48 bits per heavy atom. The molecule has 8 heteroatoms. The number of hydrogen-bond acceptors (Lipinski definition) is 6. The summed E-state index contributed by atoms with van der Waals surface area (Å²) in [5.74, 6) is -1.49. The summed E-state index contributed by atoms with van der Waals surface area (Å²) in [6.45, 7) is -0.793. The molecule has 23 heavy (non-hydrogen) atoms. The van der Waals surface area contributed by atoms with E-state index >= 15 is 0 Å². The Morgan fingerprint density at radius 1 is 1.09 bits per heavy atom. The first kappa shape index (κ1) is 17.2. The highest BCUT2D eigenvalue weighted by atomic mass is 79.9. The third-order valence-corrected chi connectivity index (χ3v) is 4.38. The Kier molecular flexibility index (Phi) is 5.89. The van der Waals surface area contributed by atoms with Gasteiger partial charge in [0.25, 0.3) is 5.91 Å². The van der Waals surface area contributed by atoms with Gasteiger partial charge in [-0.05, 0) is 40.2 Å². The van der Waals surface area contributed by atoms with Crippen LogP contribution in [0.3, 0.4) is 0 Å². The number of ether oxygens (including phenoxy) is 2. The van der Waals surface area contributed by atoms with E-state index in [1.54, 1.807) is 24.3 Å². The molecule has 0 aliphatic rings. The second-order valence-corrected chi connectivity index (χ2v) is 6.80. The monoisotopic (exact) mass is 397 g/mol. The van der Waals surface area contributed by atoms with Gasteiger partial charge in [0.1, 0.15) is 5.75 Å². The predicted octanol–water partition coefficient (Wildman–Crippen LogP) is 2.41. The molecule has 0 radical (unpaired) electrons. The molecule has 1 aromatic carbocycles. The molecule has 2 aromatic rings. The number of amides is 1. The van der Waals surface area contributed by atoms with Crippen LogP contribution in [0.1, 0.15) is 20.0 Å². The Labute approximate surface area is 144 Å². The number of esters is 1. The Balaban J connectivity index is 1.84. The first-order chi connectivity index (χ1) is 11.0. The molecular formula is C15H12BrNO5S. The van der Waals surface area contributed by atoms with Gasteiger partial charge in [-0.25, -0.2) is 4.79 Å². The van der Waals surface area contributed by atoms with Crippen molar-refractivity contribution in [3.8, 4) is 5.75 Å². The molecule has 1 aromatic heterocycles. The number of rotatable bonds is 7. The third kappa shape index (κ3) is 4.90. The zero-order valence-corrected chi connectivity index (χ0v) is 14.2. The topological polar surface area (TPSA) is 95.7 Å². The molecule has 0 bridgehead atoms. The number of thiophene rings is 1. The number of carbonyl (C=O) groups is 3. The standard InChI is InChI=1S/C15H12BrNO5S/c16-13-6-5-12(23-13)10(18)7-22-14(19)8-21-11-4-2-1-3-9(11)15(17)20/h1-6H,7-8H2,(H2,17,20). The van der Waals surface area contributed by atoms with Gasteiger partial charge in [-0.3, -0.25) is 9.59 Å². The van der Waals surface area contributed by atoms with Crippen molar-refractivity contribution in [2.24, 2.45) is 5.73 Å². The summed E-state index contributed by atoms with van der Waals surface area (Å²) in [7, 11) is 0. The second-order valence-electron chi connectivity index (χ2n) is 4.34. The highest BCUT2D eigenvalue weighted by Crippen LogP contribution is 2.22. The number of primary amides is 1. The fourth-order valence-electron chi connectivity index (χ4n) is 1.66. The molecule has 2 rings (SSSR count). The van der Waals surface area contributed by atoms with Crippen molar-refractivity contribution in [1.82, 2.24) is 0 Å². The van der Waals surface area contributed by atoms with Gasteiger partial charge < -0.3 is 15.2 Å². The van der Waals surface area contributed by atoms with E-state index in [0.717, 1.165) is 3.79 Å². The molecule has 1 heterocycles. The van der Waals surface area contributed by atoms with Crippen molar-refractivity contribution in [3.63, 3.8) is 0 Å². The molecule has 0 atom stereocenters. The molecule has 1 amide bonds.